The first-order valence-electron chi connectivity index (χ1n) is 16.0. The zero-order chi connectivity index (χ0) is 35.9. The molecule has 0 unspecified atom stereocenters. The number of carbonyl (C=O) groups is 3. The van der Waals surface area contributed by atoms with E-state index in [2.05, 4.69) is 50.9 Å². The molecule has 22 heteroatoms. The molecule has 3 N–H and O–H groups in total. The Morgan fingerprint density at radius 1 is 0.460 bits per heavy atom. The van der Waals surface area contributed by atoms with Crippen LogP contribution in [0.25, 0.3) is 31.3 Å². The van der Waals surface area contributed by atoms with Crippen LogP contribution in [-0.4, -0.2) is 161 Å². The number of rotatable bonds is 36. The molecule has 0 aliphatic heterocycles. The van der Waals surface area contributed by atoms with Crippen molar-refractivity contribution in [2.45, 2.75) is 26.7 Å². The van der Waals surface area contributed by atoms with E-state index in [1.165, 1.54) is 0 Å². The summed E-state index contributed by atoms with van der Waals surface area (Å²) in [6, 6.07) is 0. The fraction of sp³-hybridized carbons (Fsp3) is 0.893. The molecule has 0 heterocycles. The van der Waals surface area contributed by atoms with Gasteiger partial charge in [-0.1, -0.05) is 22.8 Å². The van der Waals surface area contributed by atoms with E-state index >= 15 is 0 Å². The van der Waals surface area contributed by atoms with Crippen LogP contribution in [0.15, 0.2) is 15.3 Å². The third-order valence-electron chi connectivity index (χ3n) is 5.98. The summed E-state index contributed by atoms with van der Waals surface area (Å²) in [6.07, 6.45) is 0.580. The van der Waals surface area contributed by atoms with Crippen LogP contribution in [0, 0.1) is 0 Å². The van der Waals surface area contributed by atoms with Crippen LogP contribution in [0.5, 0.6) is 0 Å². The second-order valence-corrected chi connectivity index (χ2v) is 9.68. The molecule has 0 aliphatic rings. The van der Waals surface area contributed by atoms with E-state index in [0.717, 1.165) is 0 Å². The van der Waals surface area contributed by atoms with Crippen molar-refractivity contribution >= 4 is 17.7 Å². The van der Waals surface area contributed by atoms with Gasteiger partial charge in [0.15, 0.2) is 0 Å². The number of ether oxygens (including phenoxy) is 6. The molecular formula is C28H55N13O9. The Morgan fingerprint density at radius 2 is 0.740 bits per heavy atom. The summed E-state index contributed by atoms with van der Waals surface area (Å²) in [5.74, 6) is -0.497. The molecular weight excluding hydrogens is 662 g/mol. The zero-order valence-corrected chi connectivity index (χ0v) is 28.1. The molecule has 3 amide bonds. The van der Waals surface area contributed by atoms with E-state index in [1.54, 1.807) is 0 Å². The molecule has 0 rings (SSSR count). The van der Waals surface area contributed by atoms with Crippen molar-refractivity contribution in [3.05, 3.63) is 31.3 Å². The Bertz CT molecular complexity index is 886. The summed E-state index contributed by atoms with van der Waals surface area (Å²) >= 11 is 0. The van der Waals surface area contributed by atoms with Gasteiger partial charge in [-0.3, -0.25) is 19.3 Å². The summed E-state index contributed by atoms with van der Waals surface area (Å²) < 4.78 is 32.6. The number of hydrogen-bond acceptors (Lipinski definition) is 13. The average molecular weight is 718 g/mol. The van der Waals surface area contributed by atoms with Crippen LogP contribution in [0.3, 0.4) is 0 Å². The van der Waals surface area contributed by atoms with Crippen molar-refractivity contribution < 1.29 is 42.8 Å². The molecule has 286 valence electrons. The van der Waals surface area contributed by atoms with Gasteiger partial charge in [0, 0.05) is 92.9 Å². The van der Waals surface area contributed by atoms with E-state index in [4.69, 9.17) is 45.0 Å². The number of amides is 3. The largest absolute Gasteiger partial charge is 0.380 e. The second kappa shape index (κ2) is 39.5. The summed E-state index contributed by atoms with van der Waals surface area (Å²) in [5, 5.41) is 18.3. The minimum atomic E-state index is -0.166. The van der Waals surface area contributed by atoms with Crippen molar-refractivity contribution in [2.75, 3.05) is 138 Å². The first kappa shape index (κ1) is 48.2. The lowest BCUT2D eigenvalue weighted by atomic mass is 10.4. The maximum absolute atomic E-state index is 12.0. The molecule has 0 saturated heterocycles. The van der Waals surface area contributed by atoms with Gasteiger partial charge in [0.25, 0.3) is 0 Å². The number of nitrogens with one attached hydrogen (secondary N) is 3. The van der Waals surface area contributed by atoms with Gasteiger partial charge in [-0.15, -0.1) is 0 Å². The number of azide groups is 3. The molecule has 0 aromatic rings. The fourth-order valence-corrected chi connectivity index (χ4v) is 3.53. The third kappa shape index (κ3) is 36.9. The predicted molar refractivity (Wildman–Crippen MR) is 183 cm³/mol. The van der Waals surface area contributed by atoms with Crippen molar-refractivity contribution in [1.82, 2.24) is 20.9 Å². The summed E-state index contributed by atoms with van der Waals surface area (Å²) in [7, 11) is 0. The van der Waals surface area contributed by atoms with Crippen molar-refractivity contribution in [1.29, 1.82) is 0 Å². The number of nitrogens with zero attached hydrogens (tertiary/aromatic N) is 10. The van der Waals surface area contributed by atoms with Gasteiger partial charge in [-0.2, -0.15) is 0 Å². The van der Waals surface area contributed by atoms with Gasteiger partial charge in [-0.25, -0.2) is 0 Å². The highest BCUT2D eigenvalue weighted by atomic mass is 16.5. The van der Waals surface area contributed by atoms with E-state index < -0.39 is 0 Å². The monoisotopic (exact) mass is 717 g/mol. The van der Waals surface area contributed by atoms with Crippen LogP contribution in [-0.2, 0) is 42.8 Å². The predicted octanol–water partition coefficient (Wildman–Crippen LogP) is 1.47. The molecule has 0 atom stereocenters. The molecule has 0 saturated carbocycles. The van der Waals surface area contributed by atoms with Crippen LogP contribution >= 0.6 is 0 Å². The molecule has 0 aliphatic carbocycles. The lowest BCUT2D eigenvalue weighted by molar-refractivity contribution is -0.123. The topological polar surface area (TPSA) is 292 Å². The lowest BCUT2D eigenvalue weighted by Gasteiger charge is -2.22. The molecule has 0 fully saturated rings. The van der Waals surface area contributed by atoms with Crippen molar-refractivity contribution in [2.24, 2.45) is 15.3 Å². The van der Waals surface area contributed by atoms with Gasteiger partial charge < -0.3 is 44.4 Å². The number of hydrogen-bond donors (Lipinski definition) is 3. The third-order valence-corrected chi connectivity index (χ3v) is 5.98. The van der Waals surface area contributed by atoms with E-state index in [-0.39, 0.29) is 104 Å². The minimum absolute atomic E-state index is 0. The normalized spacial score (nSPS) is 10.3. The van der Waals surface area contributed by atoms with Crippen LogP contribution < -0.4 is 16.0 Å². The summed E-state index contributed by atoms with van der Waals surface area (Å²) in [5.41, 5.74) is 24.6. The van der Waals surface area contributed by atoms with Crippen LogP contribution in [0.1, 0.15) is 26.7 Å². The molecule has 0 spiro atoms. The Kier molecular flexibility index (Phi) is 38.1. The smallest absolute Gasteiger partial charge is 0.222 e. The van der Waals surface area contributed by atoms with Crippen molar-refractivity contribution in [3.63, 3.8) is 0 Å². The van der Waals surface area contributed by atoms with Crippen LogP contribution in [0.2, 0.25) is 0 Å². The molecule has 0 bridgehead atoms. The van der Waals surface area contributed by atoms with Crippen molar-refractivity contribution in [3.8, 4) is 0 Å². The van der Waals surface area contributed by atoms with Gasteiger partial charge >= 0.3 is 0 Å². The van der Waals surface area contributed by atoms with Gasteiger partial charge in [-0.05, 0) is 16.6 Å². The summed E-state index contributed by atoms with van der Waals surface area (Å²) in [4.78, 5) is 45.9. The number of carbonyl (C=O) groups excluding carboxylic acids is 3. The molecule has 22 nitrogen and oxygen atoms in total. The quantitative estimate of drug-likeness (QED) is 0.0363. The minimum Gasteiger partial charge on any atom is -0.380 e. The molecule has 0 aromatic carbocycles. The maximum atomic E-state index is 12.0. The van der Waals surface area contributed by atoms with Gasteiger partial charge in [0.2, 0.25) is 17.7 Å². The van der Waals surface area contributed by atoms with E-state index in [9.17, 15) is 14.4 Å². The highest BCUT2D eigenvalue weighted by molar-refractivity contribution is 5.76. The Labute approximate surface area is 293 Å². The highest BCUT2D eigenvalue weighted by Gasteiger charge is 2.08. The van der Waals surface area contributed by atoms with E-state index in [1.807, 2.05) is 0 Å². The first-order valence-corrected chi connectivity index (χ1v) is 16.0. The highest BCUT2D eigenvalue weighted by Crippen LogP contribution is 1.95. The van der Waals surface area contributed by atoms with Gasteiger partial charge in [0.1, 0.15) is 0 Å². The van der Waals surface area contributed by atoms with Crippen LogP contribution in [0.4, 0.5) is 0 Å². The summed E-state index contributed by atoms with van der Waals surface area (Å²) in [6.45, 7) is 7.04. The standard InChI is InChI=1S/C27H51N13O9.CH4/c28-37-34-7-19-47-16-4-31-25(41)1-13-44-22-10-40(11-23-45-14-2-26(42)32-5-17-48-20-8-35-38-29)12-24-46-15-3-27(43)33-6-18-49-21-9-36-39-30;/h1-24H2,(H,31,41)(H,32,42)(H,33,43);1H4. The Balaban J connectivity index is 0. The lowest BCUT2D eigenvalue weighted by Crippen LogP contribution is -2.35. The Hall–Kier alpha value is -3.94. The zero-order valence-electron chi connectivity index (χ0n) is 28.1. The SMILES string of the molecule is C.[N-]=[N+]=NCCOCCNC(=O)CCOCCN(CCOCCC(=O)NCCOCCN=[N+]=[N-])CCOCCC(=O)NCCOCCN=[N+]=[N-]. The molecule has 0 aromatic heterocycles. The Morgan fingerprint density at radius 3 is 1.02 bits per heavy atom. The maximum Gasteiger partial charge on any atom is 0.222 e. The first-order chi connectivity index (χ1) is 24.0. The molecule has 50 heavy (non-hydrogen) atoms. The van der Waals surface area contributed by atoms with Gasteiger partial charge in [0.05, 0.1) is 79.3 Å². The second-order valence-electron chi connectivity index (χ2n) is 9.68. The fourth-order valence-electron chi connectivity index (χ4n) is 3.53. The van der Waals surface area contributed by atoms with E-state index in [0.29, 0.717) is 78.9 Å². The average Bonchev–Trinajstić information content (AvgIpc) is 3.09. The molecule has 0 radical (unpaired) electrons.